The molecule has 4 nitrogen and oxygen atoms in total. The predicted molar refractivity (Wildman–Crippen MR) is 70.6 cm³/mol. The number of fused-ring (bicyclic) bond motifs is 1. The zero-order chi connectivity index (χ0) is 12.3. The van der Waals surface area contributed by atoms with E-state index in [1.54, 1.807) is 6.07 Å². The van der Waals surface area contributed by atoms with Crippen molar-refractivity contribution in [3.8, 4) is 0 Å². The van der Waals surface area contributed by atoms with Crippen molar-refractivity contribution in [2.75, 3.05) is 18.4 Å². The van der Waals surface area contributed by atoms with Crippen LogP contribution in [0.1, 0.15) is 30.9 Å². The van der Waals surface area contributed by atoms with Gasteiger partial charge in [-0.15, -0.1) is 0 Å². The smallest absolute Gasteiger partial charge is 0.252 e. The summed E-state index contributed by atoms with van der Waals surface area (Å²) >= 11 is 0. The molecule has 2 rings (SSSR count). The molecule has 0 unspecified atom stereocenters. The Kier molecular flexibility index (Phi) is 3.84. The molecule has 1 aromatic heterocycles. The average Bonchev–Trinajstić information content (AvgIpc) is 2.58. The van der Waals surface area contributed by atoms with Crippen LogP contribution in [-0.4, -0.2) is 17.7 Å². The molecule has 1 aromatic rings. The molecule has 17 heavy (non-hydrogen) atoms. The normalized spacial score (nSPS) is 14.9. The zero-order valence-electron chi connectivity index (χ0n) is 10.5. The third-order valence-corrected chi connectivity index (χ3v) is 3.38. The van der Waals surface area contributed by atoms with E-state index in [0.29, 0.717) is 6.54 Å². The van der Waals surface area contributed by atoms with E-state index in [2.05, 4.69) is 12.2 Å². The lowest BCUT2D eigenvalue weighted by atomic mass is 10.0. The molecular formula is C13H21N3O. The summed E-state index contributed by atoms with van der Waals surface area (Å²) in [6, 6.07) is 1.78. The Labute approximate surface area is 102 Å². The molecule has 94 valence electrons. The molecule has 0 fully saturated rings. The maximum Gasteiger partial charge on any atom is 0.252 e. The zero-order valence-corrected chi connectivity index (χ0v) is 10.5. The van der Waals surface area contributed by atoms with Gasteiger partial charge in [-0.25, -0.2) is 0 Å². The first-order valence-corrected chi connectivity index (χ1v) is 6.47. The first-order valence-electron chi connectivity index (χ1n) is 6.47. The molecule has 0 aromatic carbocycles. The van der Waals surface area contributed by atoms with Crippen molar-refractivity contribution < 1.29 is 0 Å². The third kappa shape index (κ3) is 2.36. The van der Waals surface area contributed by atoms with Crippen molar-refractivity contribution in [2.45, 2.75) is 39.2 Å². The summed E-state index contributed by atoms with van der Waals surface area (Å²) in [5, 5.41) is 3.40. The summed E-state index contributed by atoms with van der Waals surface area (Å²) in [7, 11) is 0. The van der Waals surface area contributed by atoms with Gasteiger partial charge in [0.2, 0.25) is 0 Å². The van der Waals surface area contributed by atoms with Crippen LogP contribution in [-0.2, 0) is 19.4 Å². The first-order chi connectivity index (χ1) is 8.27. The summed E-state index contributed by atoms with van der Waals surface area (Å²) in [5.41, 5.74) is 8.17. The van der Waals surface area contributed by atoms with Crippen molar-refractivity contribution in [1.29, 1.82) is 0 Å². The van der Waals surface area contributed by atoms with Crippen LogP contribution in [0.2, 0.25) is 0 Å². The van der Waals surface area contributed by atoms with Gasteiger partial charge in [-0.1, -0.05) is 6.92 Å². The van der Waals surface area contributed by atoms with Gasteiger partial charge in [0.25, 0.3) is 5.56 Å². The highest BCUT2D eigenvalue weighted by molar-refractivity contribution is 5.50. The van der Waals surface area contributed by atoms with Gasteiger partial charge < -0.3 is 11.1 Å². The highest BCUT2D eigenvalue weighted by Gasteiger charge is 2.15. The summed E-state index contributed by atoms with van der Waals surface area (Å²) < 4.78 is 1.87. The fraction of sp³-hybridized carbons (Fsp3) is 0.615. The Morgan fingerprint density at radius 1 is 1.47 bits per heavy atom. The van der Waals surface area contributed by atoms with Crippen molar-refractivity contribution in [1.82, 2.24) is 4.57 Å². The lowest BCUT2D eigenvalue weighted by Crippen LogP contribution is -2.25. The van der Waals surface area contributed by atoms with Crippen LogP contribution in [0.25, 0.3) is 0 Å². The molecule has 0 bridgehead atoms. The number of nitrogens with two attached hydrogens (primary N) is 1. The molecule has 0 radical (unpaired) electrons. The number of nitrogens with zero attached hydrogens (tertiary/aromatic N) is 1. The maximum absolute atomic E-state index is 12.0. The topological polar surface area (TPSA) is 60.0 Å². The number of nitrogens with one attached hydrogen (secondary N) is 1. The molecule has 4 heteroatoms. The van der Waals surface area contributed by atoms with Gasteiger partial charge in [-0.3, -0.25) is 9.36 Å². The lowest BCUT2D eigenvalue weighted by Gasteiger charge is -2.18. The number of aromatic nitrogens is 1. The van der Waals surface area contributed by atoms with Crippen molar-refractivity contribution in [3.05, 3.63) is 27.5 Å². The Hall–Kier alpha value is -1.29. The van der Waals surface area contributed by atoms with Crippen LogP contribution in [0.15, 0.2) is 10.9 Å². The first kappa shape index (κ1) is 12.2. The van der Waals surface area contributed by atoms with E-state index in [4.69, 9.17) is 5.73 Å². The van der Waals surface area contributed by atoms with Gasteiger partial charge in [-0.2, -0.15) is 0 Å². The van der Waals surface area contributed by atoms with Crippen molar-refractivity contribution in [3.63, 3.8) is 0 Å². The number of aryl methyl sites for hydroxylation is 1. The minimum atomic E-state index is 0.118. The van der Waals surface area contributed by atoms with E-state index in [9.17, 15) is 4.79 Å². The van der Waals surface area contributed by atoms with Crippen LogP contribution in [0.3, 0.4) is 0 Å². The van der Waals surface area contributed by atoms with E-state index in [1.807, 2.05) is 4.57 Å². The van der Waals surface area contributed by atoms with Crippen LogP contribution in [0.4, 0.5) is 5.82 Å². The van der Waals surface area contributed by atoms with E-state index >= 15 is 0 Å². The predicted octanol–water partition coefficient (Wildman–Crippen LogP) is 1.12. The van der Waals surface area contributed by atoms with Gasteiger partial charge in [0, 0.05) is 19.2 Å². The highest BCUT2D eigenvalue weighted by Crippen LogP contribution is 2.21. The van der Waals surface area contributed by atoms with E-state index in [0.717, 1.165) is 50.2 Å². The molecule has 1 aliphatic heterocycles. The van der Waals surface area contributed by atoms with Crippen molar-refractivity contribution in [2.24, 2.45) is 5.73 Å². The third-order valence-electron chi connectivity index (χ3n) is 3.38. The molecular weight excluding hydrogens is 214 g/mol. The molecule has 2 heterocycles. The van der Waals surface area contributed by atoms with Crippen LogP contribution in [0.5, 0.6) is 0 Å². The van der Waals surface area contributed by atoms with E-state index in [1.165, 1.54) is 5.56 Å². The standard InChI is InChI=1S/C13H21N3O/c1-2-10-9-12(17)16-8-4-3-7-15-13(16)11(10)5-6-14/h9,15H,2-8,14H2,1H3. The molecule has 0 spiro atoms. The quantitative estimate of drug-likeness (QED) is 0.825. The summed E-state index contributed by atoms with van der Waals surface area (Å²) in [6.45, 7) is 4.48. The second-order valence-electron chi connectivity index (χ2n) is 4.51. The fourth-order valence-electron chi connectivity index (χ4n) is 2.50. The fourth-order valence-corrected chi connectivity index (χ4v) is 2.50. The Bertz CT molecular complexity index is 451. The number of hydrogen-bond acceptors (Lipinski definition) is 3. The van der Waals surface area contributed by atoms with Crippen LogP contribution >= 0.6 is 0 Å². The number of hydrogen-bond donors (Lipinski definition) is 2. The highest BCUT2D eigenvalue weighted by atomic mass is 16.1. The lowest BCUT2D eigenvalue weighted by molar-refractivity contribution is 0.633. The molecule has 0 amide bonds. The van der Waals surface area contributed by atoms with Gasteiger partial charge in [0.05, 0.1) is 0 Å². The van der Waals surface area contributed by atoms with E-state index < -0.39 is 0 Å². The Balaban J connectivity index is 2.57. The SMILES string of the molecule is CCc1cc(=O)n2c(c1CCN)NCCCC2. The number of pyridine rings is 1. The summed E-state index contributed by atoms with van der Waals surface area (Å²) in [4.78, 5) is 12.0. The number of anilines is 1. The second-order valence-corrected chi connectivity index (χ2v) is 4.51. The maximum atomic E-state index is 12.0. The largest absolute Gasteiger partial charge is 0.371 e. The monoisotopic (exact) mass is 235 g/mol. The molecule has 3 N–H and O–H groups in total. The summed E-state index contributed by atoms with van der Waals surface area (Å²) in [6.07, 6.45) is 3.91. The summed E-state index contributed by atoms with van der Waals surface area (Å²) in [5.74, 6) is 1.01. The molecule has 0 aliphatic carbocycles. The second kappa shape index (κ2) is 5.36. The Morgan fingerprint density at radius 2 is 2.29 bits per heavy atom. The minimum Gasteiger partial charge on any atom is -0.371 e. The Morgan fingerprint density at radius 3 is 3.00 bits per heavy atom. The minimum absolute atomic E-state index is 0.118. The van der Waals surface area contributed by atoms with Crippen molar-refractivity contribution >= 4 is 5.82 Å². The van der Waals surface area contributed by atoms with Crippen LogP contribution < -0.4 is 16.6 Å². The van der Waals surface area contributed by atoms with Gasteiger partial charge in [0.15, 0.2) is 0 Å². The molecule has 0 saturated heterocycles. The van der Waals surface area contributed by atoms with Gasteiger partial charge in [-0.05, 0) is 43.4 Å². The number of rotatable bonds is 3. The molecule has 1 aliphatic rings. The molecule has 0 atom stereocenters. The van der Waals surface area contributed by atoms with Crippen LogP contribution in [0, 0.1) is 0 Å². The average molecular weight is 235 g/mol. The van der Waals surface area contributed by atoms with E-state index in [-0.39, 0.29) is 5.56 Å². The van der Waals surface area contributed by atoms with Gasteiger partial charge in [0.1, 0.15) is 5.82 Å². The van der Waals surface area contributed by atoms with Gasteiger partial charge >= 0.3 is 0 Å². The molecule has 0 saturated carbocycles.